The highest BCUT2D eigenvalue weighted by Crippen LogP contribution is 2.29. The molecule has 2 aromatic rings. The van der Waals surface area contributed by atoms with E-state index >= 15 is 0 Å². The topological polar surface area (TPSA) is 54.3 Å². The second-order valence-electron chi connectivity index (χ2n) is 6.70. The molecule has 3 rings (SSSR count). The SMILES string of the molecule is Cn1cc2c(c1C(=O)Nc1ccc(F)c(F)c1)CCCCN(CC(F)(F)F)S2=O. The van der Waals surface area contributed by atoms with Crippen LogP contribution >= 0.6 is 0 Å². The Hall–Kier alpha value is -2.27. The van der Waals surface area contributed by atoms with Crippen LogP contribution in [0.3, 0.4) is 0 Å². The predicted octanol–water partition coefficient (Wildman–Crippen LogP) is 3.78. The zero-order chi connectivity index (χ0) is 21.3. The molecule has 0 fully saturated rings. The molecule has 1 aromatic carbocycles. The Bertz CT molecular complexity index is 958. The molecule has 1 N–H and O–H groups in total. The van der Waals surface area contributed by atoms with E-state index in [1.54, 1.807) is 0 Å². The molecule has 1 aliphatic rings. The molecule has 158 valence electrons. The summed E-state index contributed by atoms with van der Waals surface area (Å²) < 4.78 is 80.0. The van der Waals surface area contributed by atoms with Crippen molar-refractivity contribution in [2.45, 2.75) is 30.3 Å². The summed E-state index contributed by atoms with van der Waals surface area (Å²) in [5.74, 6) is -2.85. The number of hydrogen-bond donors (Lipinski definition) is 1. The maximum absolute atomic E-state index is 13.4. The maximum Gasteiger partial charge on any atom is 0.402 e. The summed E-state index contributed by atoms with van der Waals surface area (Å²) in [7, 11) is -0.574. The molecule has 0 aliphatic carbocycles. The highest BCUT2D eigenvalue weighted by molar-refractivity contribution is 7.82. The van der Waals surface area contributed by atoms with E-state index in [2.05, 4.69) is 5.32 Å². The van der Waals surface area contributed by atoms with E-state index in [-0.39, 0.29) is 22.8 Å². The Morgan fingerprint density at radius 1 is 1.21 bits per heavy atom. The molecule has 1 unspecified atom stereocenters. The molecular weight excluding hydrogens is 417 g/mol. The first-order valence-electron chi connectivity index (χ1n) is 8.75. The molecule has 1 aromatic heterocycles. The fraction of sp³-hybridized carbons (Fsp3) is 0.389. The number of benzene rings is 1. The van der Waals surface area contributed by atoms with E-state index in [4.69, 9.17) is 0 Å². The highest BCUT2D eigenvalue weighted by atomic mass is 32.2. The third-order valence-corrected chi connectivity index (χ3v) is 6.01. The van der Waals surface area contributed by atoms with Crippen LogP contribution < -0.4 is 5.32 Å². The molecule has 11 heteroatoms. The van der Waals surface area contributed by atoms with Gasteiger partial charge in [-0.15, -0.1) is 0 Å². The van der Waals surface area contributed by atoms with Gasteiger partial charge in [-0.2, -0.15) is 13.2 Å². The third kappa shape index (κ3) is 4.84. The van der Waals surface area contributed by atoms with Crippen molar-refractivity contribution < 1.29 is 31.0 Å². The zero-order valence-electron chi connectivity index (χ0n) is 15.4. The second-order valence-corrected chi connectivity index (χ2v) is 8.15. The van der Waals surface area contributed by atoms with Gasteiger partial charge in [-0.3, -0.25) is 4.79 Å². The quantitative estimate of drug-likeness (QED) is 0.747. The minimum atomic E-state index is -4.50. The number of carbonyl (C=O) groups excluding carboxylic acids is 1. The molecule has 1 aliphatic heterocycles. The average Bonchev–Trinajstić information content (AvgIpc) is 2.94. The Kier molecular flexibility index (Phi) is 6.08. The maximum atomic E-state index is 13.4. The minimum absolute atomic E-state index is 0.0227. The van der Waals surface area contributed by atoms with Gasteiger partial charge in [-0.05, 0) is 31.4 Å². The van der Waals surface area contributed by atoms with E-state index in [1.165, 1.54) is 23.9 Å². The molecule has 0 bridgehead atoms. The molecule has 0 saturated heterocycles. The third-order valence-electron chi connectivity index (χ3n) is 4.50. The molecule has 1 amide bonds. The Balaban J connectivity index is 1.93. The van der Waals surface area contributed by atoms with Crippen molar-refractivity contribution in [2.24, 2.45) is 7.05 Å². The molecule has 0 radical (unpaired) electrons. The summed E-state index contributed by atoms with van der Waals surface area (Å²) in [6.07, 6.45) is -1.87. The zero-order valence-corrected chi connectivity index (χ0v) is 16.2. The van der Waals surface area contributed by atoms with Crippen LogP contribution in [-0.2, 0) is 24.5 Å². The van der Waals surface area contributed by atoms with Crippen LogP contribution in [0, 0.1) is 11.6 Å². The van der Waals surface area contributed by atoms with E-state index in [9.17, 15) is 31.0 Å². The number of carbonyl (C=O) groups is 1. The van der Waals surface area contributed by atoms with Crippen LogP contribution in [0.2, 0.25) is 0 Å². The van der Waals surface area contributed by atoms with Crippen molar-refractivity contribution in [3.05, 3.63) is 47.3 Å². The molecule has 29 heavy (non-hydrogen) atoms. The number of fused-ring (bicyclic) bond motifs is 1. The number of aromatic nitrogens is 1. The van der Waals surface area contributed by atoms with Crippen molar-refractivity contribution in [1.29, 1.82) is 0 Å². The van der Waals surface area contributed by atoms with Crippen LogP contribution in [0.4, 0.5) is 27.6 Å². The van der Waals surface area contributed by atoms with Crippen LogP contribution in [0.1, 0.15) is 28.9 Å². The Labute approximate surface area is 166 Å². The largest absolute Gasteiger partial charge is 0.402 e. The molecule has 0 saturated carbocycles. The fourth-order valence-corrected chi connectivity index (χ4v) is 4.75. The Morgan fingerprint density at radius 3 is 2.59 bits per heavy atom. The van der Waals surface area contributed by atoms with Gasteiger partial charge in [0.1, 0.15) is 23.2 Å². The summed E-state index contributed by atoms with van der Waals surface area (Å²) in [6, 6.07) is 2.87. The summed E-state index contributed by atoms with van der Waals surface area (Å²) in [5.41, 5.74) is 0.527. The van der Waals surface area contributed by atoms with Crippen molar-refractivity contribution in [2.75, 3.05) is 18.4 Å². The number of nitrogens with one attached hydrogen (secondary N) is 1. The lowest BCUT2D eigenvalue weighted by Gasteiger charge is -2.24. The van der Waals surface area contributed by atoms with Gasteiger partial charge in [0.05, 0.1) is 4.90 Å². The number of rotatable bonds is 3. The molecule has 5 nitrogen and oxygen atoms in total. The highest BCUT2D eigenvalue weighted by Gasteiger charge is 2.36. The van der Waals surface area contributed by atoms with E-state index in [1.807, 2.05) is 0 Å². The van der Waals surface area contributed by atoms with Crippen molar-refractivity contribution in [3.8, 4) is 0 Å². The average molecular weight is 435 g/mol. The van der Waals surface area contributed by atoms with E-state index in [0.717, 1.165) is 16.4 Å². The van der Waals surface area contributed by atoms with Crippen LogP contribution in [-0.4, -0.2) is 38.3 Å². The van der Waals surface area contributed by atoms with Gasteiger partial charge in [0.15, 0.2) is 11.6 Å². The second kappa shape index (κ2) is 8.23. The first kappa shape index (κ1) is 21.4. The number of hydrogen-bond acceptors (Lipinski definition) is 2. The smallest absolute Gasteiger partial charge is 0.345 e. The van der Waals surface area contributed by atoms with Crippen molar-refractivity contribution in [3.63, 3.8) is 0 Å². The van der Waals surface area contributed by atoms with Crippen LogP contribution in [0.25, 0.3) is 0 Å². The summed E-state index contributed by atoms with van der Waals surface area (Å²) >= 11 is 0. The summed E-state index contributed by atoms with van der Waals surface area (Å²) in [5, 5.41) is 2.44. The van der Waals surface area contributed by atoms with Crippen molar-refractivity contribution in [1.82, 2.24) is 8.87 Å². The molecule has 2 heterocycles. The normalized spacial score (nSPS) is 18.1. The number of alkyl halides is 3. The Morgan fingerprint density at radius 2 is 1.93 bits per heavy atom. The summed E-state index contributed by atoms with van der Waals surface area (Å²) in [4.78, 5) is 12.9. The lowest BCUT2D eigenvalue weighted by molar-refractivity contribution is -0.135. The van der Waals surface area contributed by atoms with Gasteiger partial charge in [-0.1, -0.05) is 0 Å². The van der Waals surface area contributed by atoms with Gasteiger partial charge < -0.3 is 9.88 Å². The van der Waals surface area contributed by atoms with E-state index in [0.29, 0.717) is 24.8 Å². The summed E-state index contributed by atoms with van der Waals surface area (Å²) in [6.45, 7) is -1.29. The molecule has 0 spiro atoms. The monoisotopic (exact) mass is 435 g/mol. The standard InChI is InChI=1S/C18H18F5N3O2S/c1-25-9-15-12(4-2-3-7-26(29(15)28)10-18(21,22)23)16(25)17(27)24-11-5-6-13(19)14(20)8-11/h5-6,8-9H,2-4,7,10H2,1H3,(H,24,27). The number of anilines is 1. The first-order chi connectivity index (χ1) is 13.6. The molecular formula is C18H18F5N3O2S. The van der Waals surface area contributed by atoms with Gasteiger partial charge >= 0.3 is 6.18 Å². The first-order valence-corrected chi connectivity index (χ1v) is 9.85. The van der Waals surface area contributed by atoms with E-state index < -0.39 is 41.2 Å². The fourth-order valence-electron chi connectivity index (χ4n) is 3.25. The number of halogens is 5. The number of nitrogens with zero attached hydrogens (tertiary/aromatic N) is 2. The van der Waals surface area contributed by atoms with Crippen molar-refractivity contribution >= 4 is 22.6 Å². The van der Waals surface area contributed by atoms with Gasteiger partial charge in [0.2, 0.25) is 0 Å². The predicted molar refractivity (Wildman–Crippen MR) is 96.7 cm³/mol. The van der Waals surface area contributed by atoms with Gasteiger partial charge in [-0.25, -0.2) is 17.3 Å². The molecule has 1 atom stereocenters. The van der Waals surface area contributed by atoms with Gasteiger partial charge in [0, 0.05) is 37.1 Å². The van der Waals surface area contributed by atoms with Crippen LogP contribution in [0.5, 0.6) is 0 Å². The minimum Gasteiger partial charge on any atom is -0.345 e. The van der Waals surface area contributed by atoms with Crippen LogP contribution in [0.15, 0.2) is 29.3 Å². The number of aryl methyl sites for hydroxylation is 1. The lowest BCUT2D eigenvalue weighted by Crippen LogP contribution is -2.37. The number of amides is 1. The lowest BCUT2D eigenvalue weighted by atomic mass is 10.1. The van der Waals surface area contributed by atoms with Gasteiger partial charge in [0.25, 0.3) is 5.91 Å².